The fourth-order valence-corrected chi connectivity index (χ4v) is 2.95. The summed E-state index contributed by atoms with van der Waals surface area (Å²) in [6.07, 6.45) is 7.43. The monoisotopic (exact) mass is 321 g/mol. The molecule has 3 heteroatoms. The fourth-order valence-electron chi connectivity index (χ4n) is 2.95. The number of hydrogen-bond acceptors (Lipinski definition) is 3. The lowest BCUT2D eigenvalue weighted by molar-refractivity contribution is 0.527. The highest BCUT2D eigenvalue weighted by molar-refractivity contribution is 6.03. The summed E-state index contributed by atoms with van der Waals surface area (Å²) in [7, 11) is 0. The van der Waals surface area contributed by atoms with Crippen molar-refractivity contribution in [2.75, 3.05) is 6.54 Å². The summed E-state index contributed by atoms with van der Waals surface area (Å²) in [5.41, 5.74) is 6.30. The molecule has 1 aromatic carbocycles. The normalized spacial score (nSPS) is 14.9. The molecule has 0 fully saturated rings. The molecule has 0 aromatic heterocycles. The zero-order valence-electron chi connectivity index (χ0n) is 15.2. The van der Waals surface area contributed by atoms with Gasteiger partial charge in [-0.15, -0.1) is 0 Å². The number of aryl methyl sites for hydroxylation is 2. The average molecular weight is 321 g/mol. The summed E-state index contributed by atoms with van der Waals surface area (Å²) in [5.74, 6) is 0.949. The zero-order chi connectivity index (χ0) is 17.7. The number of nitrogens with zero attached hydrogens (tertiary/aromatic N) is 2. The molecule has 126 valence electrons. The van der Waals surface area contributed by atoms with Crippen molar-refractivity contribution in [2.24, 2.45) is 4.99 Å². The summed E-state index contributed by atoms with van der Waals surface area (Å²) in [4.78, 5) is 7.14. The van der Waals surface area contributed by atoms with E-state index in [9.17, 15) is 0 Å². The van der Waals surface area contributed by atoms with Crippen molar-refractivity contribution in [3.63, 3.8) is 0 Å². The Balaban J connectivity index is 2.69. The fraction of sp³-hybridized carbons (Fsp3) is 0.333. The van der Waals surface area contributed by atoms with Crippen molar-refractivity contribution in [1.29, 1.82) is 5.41 Å². The molecular weight excluding hydrogens is 294 g/mol. The van der Waals surface area contributed by atoms with Crippen LogP contribution < -0.4 is 0 Å². The average Bonchev–Trinajstić information content (AvgIpc) is 2.70. The van der Waals surface area contributed by atoms with Crippen LogP contribution in [0.2, 0.25) is 0 Å². The Morgan fingerprint density at radius 1 is 1.21 bits per heavy atom. The van der Waals surface area contributed by atoms with E-state index in [0.717, 1.165) is 42.1 Å². The van der Waals surface area contributed by atoms with Crippen molar-refractivity contribution in [3.05, 3.63) is 70.6 Å². The van der Waals surface area contributed by atoms with Gasteiger partial charge in [-0.1, -0.05) is 38.1 Å². The lowest BCUT2D eigenvalue weighted by atomic mass is 10.0. The predicted octanol–water partition coefficient (Wildman–Crippen LogP) is 5.16. The first kappa shape index (κ1) is 17.9. The second-order valence-electron chi connectivity index (χ2n) is 6.19. The molecule has 0 saturated heterocycles. The van der Waals surface area contributed by atoms with Gasteiger partial charge in [0.05, 0.1) is 5.70 Å². The topological polar surface area (TPSA) is 39.5 Å². The van der Waals surface area contributed by atoms with E-state index in [-0.39, 0.29) is 0 Å². The summed E-state index contributed by atoms with van der Waals surface area (Å²) in [6, 6.07) is 6.33. The first-order valence-electron chi connectivity index (χ1n) is 8.51. The van der Waals surface area contributed by atoms with E-state index in [1.54, 1.807) is 6.08 Å². The highest BCUT2D eigenvalue weighted by Gasteiger charge is 2.20. The summed E-state index contributed by atoms with van der Waals surface area (Å²) in [5, 5.41) is 7.77. The predicted molar refractivity (Wildman–Crippen MR) is 104 cm³/mol. The number of amidine groups is 1. The van der Waals surface area contributed by atoms with Crippen molar-refractivity contribution in [1.82, 2.24) is 4.90 Å². The van der Waals surface area contributed by atoms with Gasteiger partial charge in [0, 0.05) is 30.1 Å². The van der Waals surface area contributed by atoms with Gasteiger partial charge in [-0.2, -0.15) is 0 Å². The maximum atomic E-state index is 7.77. The van der Waals surface area contributed by atoms with Crippen LogP contribution >= 0.6 is 0 Å². The Morgan fingerprint density at radius 3 is 2.42 bits per heavy atom. The van der Waals surface area contributed by atoms with Gasteiger partial charge in [-0.25, -0.2) is 4.99 Å². The van der Waals surface area contributed by atoms with Crippen molar-refractivity contribution in [2.45, 2.75) is 40.5 Å². The lowest BCUT2D eigenvalue weighted by Crippen LogP contribution is -2.29. The molecule has 0 spiro atoms. The van der Waals surface area contributed by atoms with E-state index < -0.39 is 0 Å². The molecule has 1 heterocycles. The minimum Gasteiger partial charge on any atom is -0.332 e. The summed E-state index contributed by atoms with van der Waals surface area (Å²) < 4.78 is 0. The van der Waals surface area contributed by atoms with Crippen LogP contribution in [0.3, 0.4) is 0 Å². The molecule has 0 radical (unpaired) electrons. The molecular formula is C21H27N3. The lowest BCUT2D eigenvalue weighted by Gasteiger charge is -2.24. The molecule has 1 aliphatic heterocycles. The van der Waals surface area contributed by atoms with Crippen molar-refractivity contribution >= 4 is 12.1 Å². The number of allylic oxidation sites excluding steroid dienone is 3. The molecule has 0 amide bonds. The Bertz CT molecular complexity index is 715. The largest absolute Gasteiger partial charge is 0.332 e. The molecule has 3 nitrogen and oxygen atoms in total. The third-order valence-electron chi connectivity index (χ3n) is 4.42. The molecule has 0 unspecified atom stereocenters. The van der Waals surface area contributed by atoms with Gasteiger partial charge in [0.25, 0.3) is 0 Å². The SMILES string of the molecule is C=CC1=C(C)C(C=N)=CN(CCCC)C(c2c(C)cccc2C)=N1. The highest BCUT2D eigenvalue weighted by Crippen LogP contribution is 2.25. The Labute approximate surface area is 145 Å². The second-order valence-corrected chi connectivity index (χ2v) is 6.19. The minimum absolute atomic E-state index is 0.835. The van der Waals surface area contributed by atoms with Crippen LogP contribution in [0.4, 0.5) is 0 Å². The first-order chi connectivity index (χ1) is 11.5. The number of benzene rings is 1. The van der Waals surface area contributed by atoms with E-state index in [4.69, 9.17) is 10.4 Å². The maximum absolute atomic E-state index is 7.77. The molecule has 24 heavy (non-hydrogen) atoms. The maximum Gasteiger partial charge on any atom is 0.141 e. The third kappa shape index (κ3) is 3.56. The Kier molecular flexibility index (Phi) is 5.91. The van der Waals surface area contributed by atoms with Crippen LogP contribution in [0.15, 0.2) is 58.9 Å². The van der Waals surface area contributed by atoms with Gasteiger partial charge in [-0.05, 0) is 50.0 Å². The summed E-state index contributed by atoms with van der Waals surface area (Å²) >= 11 is 0. The van der Waals surface area contributed by atoms with Gasteiger partial charge < -0.3 is 10.3 Å². The smallest absolute Gasteiger partial charge is 0.141 e. The van der Waals surface area contributed by atoms with Gasteiger partial charge in [0.2, 0.25) is 0 Å². The minimum atomic E-state index is 0.835. The molecule has 0 bridgehead atoms. The third-order valence-corrected chi connectivity index (χ3v) is 4.42. The second kappa shape index (κ2) is 7.91. The molecule has 1 aliphatic rings. The molecule has 1 aromatic rings. The van der Waals surface area contributed by atoms with E-state index in [0.29, 0.717) is 0 Å². The number of hydrogen-bond donors (Lipinski definition) is 1. The Hall–Kier alpha value is -2.42. The summed E-state index contributed by atoms with van der Waals surface area (Å²) in [6.45, 7) is 13.2. The molecule has 0 aliphatic carbocycles. The van der Waals surface area contributed by atoms with E-state index in [1.807, 2.05) is 6.92 Å². The number of aliphatic imine (C=N–C) groups is 1. The quantitative estimate of drug-likeness (QED) is 0.722. The van der Waals surface area contributed by atoms with Crippen LogP contribution in [0, 0.1) is 19.3 Å². The number of unbranched alkanes of at least 4 members (excludes halogenated alkanes) is 1. The standard InChI is InChI=1S/C21H27N3/c1-6-8-12-24-14-18(13-22)17(5)19(7-2)23-21(24)20-15(3)10-9-11-16(20)4/h7,9-11,13-14,22H,2,6,8,12H2,1,3-5H3. The molecule has 0 atom stereocenters. The van der Waals surface area contributed by atoms with Crippen LogP contribution in [-0.2, 0) is 0 Å². The highest BCUT2D eigenvalue weighted by atomic mass is 15.2. The van der Waals surface area contributed by atoms with Crippen LogP contribution in [0.25, 0.3) is 0 Å². The Morgan fingerprint density at radius 2 is 1.88 bits per heavy atom. The van der Waals surface area contributed by atoms with Crippen LogP contribution in [-0.4, -0.2) is 23.5 Å². The van der Waals surface area contributed by atoms with Crippen molar-refractivity contribution in [3.8, 4) is 0 Å². The van der Waals surface area contributed by atoms with E-state index in [2.05, 4.69) is 56.6 Å². The van der Waals surface area contributed by atoms with Gasteiger partial charge >= 0.3 is 0 Å². The van der Waals surface area contributed by atoms with E-state index in [1.165, 1.54) is 22.9 Å². The van der Waals surface area contributed by atoms with Crippen molar-refractivity contribution < 1.29 is 0 Å². The van der Waals surface area contributed by atoms with Gasteiger partial charge in [0.15, 0.2) is 0 Å². The number of rotatable bonds is 6. The molecule has 0 saturated carbocycles. The molecule has 1 N–H and O–H groups in total. The molecule has 2 rings (SSSR count). The van der Waals surface area contributed by atoms with Gasteiger partial charge in [0.1, 0.15) is 5.84 Å². The van der Waals surface area contributed by atoms with Crippen LogP contribution in [0.1, 0.15) is 43.4 Å². The van der Waals surface area contributed by atoms with E-state index >= 15 is 0 Å². The first-order valence-corrected chi connectivity index (χ1v) is 8.51. The van der Waals surface area contributed by atoms with Gasteiger partial charge in [-0.3, -0.25) is 0 Å². The number of nitrogens with one attached hydrogen (secondary N) is 1. The van der Waals surface area contributed by atoms with Crippen LogP contribution in [0.5, 0.6) is 0 Å². The zero-order valence-corrected chi connectivity index (χ0v) is 15.2.